The Morgan fingerprint density at radius 3 is 2.68 bits per heavy atom. The van der Waals surface area contributed by atoms with E-state index in [0.29, 0.717) is 28.3 Å². The van der Waals surface area contributed by atoms with Crippen molar-refractivity contribution in [1.82, 2.24) is 5.32 Å². The highest BCUT2D eigenvalue weighted by Crippen LogP contribution is 2.32. The molecule has 1 amide bonds. The summed E-state index contributed by atoms with van der Waals surface area (Å²) in [6.45, 7) is 3.54. The summed E-state index contributed by atoms with van der Waals surface area (Å²) in [5.41, 5.74) is 0.455. The van der Waals surface area contributed by atoms with E-state index in [4.69, 9.17) is 0 Å². The summed E-state index contributed by atoms with van der Waals surface area (Å²) < 4.78 is 24.9. The smallest absolute Gasteiger partial charge is 0.288 e. The molecule has 19 heavy (non-hydrogen) atoms. The largest absolute Gasteiger partial charge is 0.325 e. The second-order valence-electron chi connectivity index (χ2n) is 4.57. The van der Waals surface area contributed by atoms with Crippen LogP contribution in [0.15, 0.2) is 29.2 Å². The number of anilines is 1. The van der Waals surface area contributed by atoms with E-state index in [9.17, 15) is 13.6 Å². The van der Waals surface area contributed by atoms with Gasteiger partial charge in [0, 0.05) is 10.8 Å². The van der Waals surface area contributed by atoms with Crippen LogP contribution in [0, 0.1) is 11.8 Å². The number of carbonyl (C=O) groups is 1. The SMILES string of the molecule is CC(C(=O)Nc1ccccc1SC(F)F)C1CNC1. The fourth-order valence-corrected chi connectivity index (χ4v) is 2.49. The molecule has 6 heteroatoms. The van der Waals surface area contributed by atoms with Crippen LogP contribution in [0.2, 0.25) is 0 Å². The minimum Gasteiger partial charge on any atom is -0.325 e. The van der Waals surface area contributed by atoms with Crippen LogP contribution in [0.3, 0.4) is 0 Å². The minimum atomic E-state index is -2.49. The van der Waals surface area contributed by atoms with Crippen molar-refractivity contribution in [3.8, 4) is 0 Å². The highest BCUT2D eigenvalue weighted by atomic mass is 32.2. The van der Waals surface area contributed by atoms with Crippen molar-refractivity contribution >= 4 is 23.4 Å². The lowest BCUT2D eigenvalue weighted by atomic mass is 9.88. The van der Waals surface area contributed by atoms with Crippen LogP contribution >= 0.6 is 11.8 Å². The number of hydrogen-bond acceptors (Lipinski definition) is 3. The van der Waals surface area contributed by atoms with Crippen molar-refractivity contribution in [1.29, 1.82) is 0 Å². The van der Waals surface area contributed by atoms with Crippen molar-refractivity contribution < 1.29 is 13.6 Å². The van der Waals surface area contributed by atoms with Crippen molar-refractivity contribution in [3.63, 3.8) is 0 Å². The summed E-state index contributed by atoms with van der Waals surface area (Å²) in [5.74, 6) is -2.40. The third-order valence-electron chi connectivity index (χ3n) is 3.29. The Bertz CT molecular complexity index is 452. The number of benzene rings is 1. The van der Waals surface area contributed by atoms with Crippen molar-refractivity contribution in [2.24, 2.45) is 11.8 Å². The molecule has 104 valence electrons. The van der Waals surface area contributed by atoms with Crippen LogP contribution in [0.25, 0.3) is 0 Å². The Hall–Kier alpha value is -1.14. The topological polar surface area (TPSA) is 41.1 Å². The number of alkyl halides is 2. The van der Waals surface area contributed by atoms with Gasteiger partial charge < -0.3 is 10.6 Å². The highest BCUT2D eigenvalue weighted by molar-refractivity contribution is 7.99. The van der Waals surface area contributed by atoms with Gasteiger partial charge in [0.1, 0.15) is 0 Å². The maximum atomic E-state index is 12.4. The summed E-state index contributed by atoms with van der Waals surface area (Å²) in [5, 5.41) is 5.86. The fourth-order valence-electron chi connectivity index (χ4n) is 1.89. The molecule has 1 aliphatic rings. The molecule has 0 saturated carbocycles. The summed E-state index contributed by atoms with van der Waals surface area (Å²) in [7, 11) is 0. The molecule has 1 aliphatic heterocycles. The Morgan fingerprint density at radius 2 is 2.11 bits per heavy atom. The van der Waals surface area contributed by atoms with Crippen molar-refractivity contribution in [3.05, 3.63) is 24.3 Å². The average molecular weight is 286 g/mol. The molecular formula is C13H16F2N2OS. The lowest BCUT2D eigenvalue weighted by Gasteiger charge is -2.31. The second-order valence-corrected chi connectivity index (χ2v) is 5.60. The zero-order chi connectivity index (χ0) is 13.8. The quantitative estimate of drug-likeness (QED) is 0.818. The molecule has 0 spiro atoms. The molecule has 1 aromatic carbocycles. The molecule has 0 radical (unpaired) electrons. The van der Waals surface area contributed by atoms with Crippen LogP contribution in [-0.2, 0) is 4.79 Å². The average Bonchev–Trinajstić information content (AvgIpc) is 2.28. The van der Waals surface area contributed by atoms with Crippen molar-refractivity contribution in [2.75, 3.05) is 18.4 Å². The Labute approximate surface area is 115 Å². The van der Waals surface area contributed by atoms with Gasteiger partial charge in [-0.3, -0.25) is 4.79 Å². The molecule has 1 heterocycles. The number of amides is 1. The maximum absolute atomic E-state index is 12.4. The second kappa shape index (κ2) is 6.34. The Kier molecular flexibility index (Phi) is 4.76. The monoisotopic (exact) mass is 286 g/mol. The Balaban J connectivity index is 2.03. The van der Waals surface area contributed by atoms with E-state index >= 15 is 0 Å². The normalized spacial score (nSPS) is 17.1. The highest BCUT2D eigenvalue weighted by Gasteiger charge is 2.29. The number of carbonyl (C=O) groups excluding carboxylic acids is 1. The first-order valence-electron chi connectivity index (χ1n) is 6.13. The van der Waals surface area contributed by atoms with Crippen LogP contribution in [0.5, 0.6) is 0 Å². The van der Waals surface area contributed by atoms with Gasteiger partial charge in [0.05, 0.1) is 5.69 Å². The van der Waals surface area contributed by atoms with Gasteiger partial charge in [-0.1, -0.05) is 30.8 Å². The first-order chi connectivity index (χ1) is 9.08. The zero-order valence-corrected chi connectivity index (χ0v) is 11.3. The molecule has 1 aromatic rings. The first kappa shape index (κ1) is 14.3. The van der Waals surface area contributed by atoms with Gasteiger partial charge in [0.2, 0.25) is 5.91 Å². The van der Waals surface area contributed by atoms with Crippen LogP contribution in [0.4, 0.5) is 14.5 Å². The van der Waals surface area contributed by atoms with Gasteiger partial charge in [-0.25, -0.2) is 0 Å². The molecule has 1 fully saturated rings. The predicted molar refractivity (Wildman–Crippen MR) is 72.5 cm³/mol. The van der Waals surface area contributed by atoms with Gasteiger partial charge >= 0.3 is 0 Å². The van der Waals surface area contributed by atoms with E-state index in [-0.39, 0.29) is 11.8 Å². The lowest BCUT2D eigenvalue weighted by molar-refractivity contribution is -0.121. The van der Waals surface area contributed by atoms with E-state index in [0.717, 1.165) is 13.1 Å². The third-order valence-corrected chi connectivity index (χ3v) is 4.08. The summed E-state index contributed by atoms with van der Waals surface area (Å²) in [6, 6.07) is 6.64. The number of rotatable bonds is 5. The number of thioether (sulfide) groups is 1. The van der Waals surface area contributed by atoms with E-state index in [1.54, 1.807) is 24.3 Å². The lowest BCUT2D eigenvalue weighted by Crippen LogP contribution is -2.48. The van der Waals surface area contributed by atoms with E-state index in [2.05, 4.69) is 10.6 Å². The molecule has 1 atom stereocenters. The fraction of sp³-hybridized carbons (Fsp3) is 0.462. The van der Waals surface area contributed by atoms with Crippen LogP contribution in [-0.4, -0.2) is 24.8 Å². The molecule has 3 nitrogen and oxygen atoms in total. The molecule has 0 bridgehead atoms. The summed E-state index contributed by atoms with van der Waals surface area (Å²) in [6.07, 6.45) is 0. The molecule has 2 rings (SSSR count). The number of hydrogen-bond donors (Lipinski definition) is 2. The maximum Gasteiger partial charge on any atom is 0.288 e. The predicted octanol–water partition coefficient (Wildman–Crippen LogP) is 2.80. The van der Waals surface area contributed by atoms with E-state index < -0.39 is 5.76 Å². The van der Waals surface area contributed by atoms with Gasteiger partial charge in [-0.15, -0.1) is 0 Å². The number of nitrogens with one attached hydrogen (secondary N) is 2. The van der Waals surface area contributed by atoms with Gasteiger partial charge in [-0.2, -0.15) is 8.78 Å². The zero-order valence-electron chi connectivity index (χ0n) is 10.5. The van der Waals surface area contributed by atoms with E-state index in [1.807, 2.05) is 6.92 Å². The standard InChI is InChI=1S/C13H16F2N2OS/c1-8(9-6-16-7-9)12(18)17-10-4-2-3-5-11(10)19-13(14)15/h2-5,8-9,13,16H,6-7H2,1H3,(H,17,18). The number of halogens is 2. The summed E-state index contributed by atoms with van der Waals surface area (Å²) in [4.78, 5) is 12.4. The van der Waals surface area contributed by atoms with Gasteiger partial charge in [0.25, 0.3) is 5.76 Å². The molecule has 1 unspecified atom stereocenters. The minimum absolute atomic E-state index is 0.117. The molecular weight excluding hydrogens is 270 g/mol. The van der Waals surface area contributed by atoms with Crippen LogP contribution in [0.1, 0.15) is 6.92 Å². The molecule has 2 N–H and O–H groups in total. The van der Waals surface area contributed by atoms with Gasteiger partial charge in [0.15, 0.2) is 0 Å². The molecule has 0 aliphatic carbocycles. The molecule has 0 aromatic heterocycles. The first-order valence-corrected chi connectivity index (χ1v) is 7.01. The Morgan fingerprint density at radius 1 is 1.42 bits per heavy atom. The van der Waals surface area contributed by atoms with Crippen molar-refractivity contribution in [2.45, 2.75) is 17.6 Å². The molecule has 1 saturated heterocycles. The number of para-hydroxylation sites is 1. The van der Waals surface area contributed by atoms with Crippen LogP contribution < -0.4 is 10.6 Å². The van der Waals surface area contributed by atoms with E-state index in [1.165, 1.54) is 0 Å². The third kappa shape index (κ3) is 3.67. The summed E-state index contributed by atoms with van der Waals surface area (Å²) >= 11 is 0.446. The van der Waals surface area contributed by atoms with Gasteiger partial charge in [-0.05, 0) is 31.1 Å².